The van der Waals surface area contributed by atoms with E-state index in [1.807, 2.05) is 18.2 Å². The van der Waals surface area contributed by atoms with Crippen molar-refractivity contribution < 1.29 is 22.7 Å². The molecule has 2 aliphatic rings. The Labute approximate surface area is 216 Å². The molecule has 194 valence electrons. The van der Waals surface area contributed by atoms with E-state index in [-0.39, 0.29) is 18.0 Å². The van der Waals surface area contributed by atoms with Crippen molar-refractivity contribution in [3.05, 3.63) is 69.8 Å². The summed E-state index contributed by atoms with van der Waals surface area (Å²) in [7, 11) is 0. The molecule has 1 amide bonds. The first-order valence-corrected chi connectivity index (χ1v) is 12.8. The number of aryl methyl sites for hydroxylation is 1. The van der Waals surface area contributed by atoms with Gasteiger partial charge in [0.2, 0.25) is 0 Å². The van der Waals surface area contributed by atoms with Crippen LogP contribution in [0.4, 0.5) is 13.2 Å². The molecule has 0 atom stereocenters. The van der Waals surface area contributed by atoms with Crippen LogP contribution < -0.4 is 5.32 Å². The second-order valence-electron chi connectivity index (χ2n) is 8.99. The fraction of sp³-hybridized carbons (Fsp3) is 0.346. The molecule has 1 saturated heterocycles. The fourth-order valence-corrected chi connectivity index (χ4v) is 5.20. The van der Waals surface area contributed by atoms with Crippen molar-refractivity contribution in [2.24, 2.45) is 4.99 Å². The van der Waals surface area contributed by atoms with Crippen molar-refractivity contribution in [3.8, 4) is 0 Å². The number of aliphatic imine (C=N–C) groups is 1. The second-order valence-corrected chi connectivity index (χ2v) is 10.0. The zero-order valence-corrected chi connectivity index (χ0v) is 21.0. The van der Waals surface area contributed by atoms with Gasteiger partial charge in [-0.3, -0.25) is 14.4 Å². The van der Waals surface area contributed by atoms with E-state index in [1.54, 1.807) is 29.9 Å². The Morgan fingerprint density at radius 2 is 1.97 bits per heavy atom. The third-order valence-electron chi connectivity index (χ3n) is 6.28. The second kappa shape index (κ2) is 10.7. The highest BCUT2D eigenvalue weighted by Gasteiger charge is 2.33. The fourth-order valence-electron chi connectivity index (χ4n) is 4.36. The van der Waals surface area contributed by atoms with Crippen molar-refractivity contribution in [1.29, 1.82) is 0 Å². The highest BCUT2D eigenvalue weighted by atomic mass is 32.2. The molecule has 0 spiro atoms. The summed E-state index contributed by atoms with van der Waals surface area (Å²) >= 11 is 1.30. The molecule has 7 nitrogen and oxygen atoms in total. The molecular weight excluding hydrogens is 503 g/mol. The molecule has 0 bridgehead atoms. The van der Waals surface area contributed by atoms with Crippen LogP contribution in [-0.4, -0.2) is 65.1 Å². The molecule has 2 aromatic carbocycles. The summed E-state index contributed by atoms with van der Waals surface area (Å²) in [5.41, 5.74) is 1.57. The molecular formula is C26H26F3N5O2S. The topological polar surface area (TPSA) is 71.8 Å². The summed E-state index contributed by atoms with van der Waals surface area (Å²) in [5.74, 6) is -0.297. The van der Waals surface area contributed by atoms with Gasteiger partial charge in [0.05, 0.1) is 41.9 Å². The van der Waals surface area contributed by atoms with Gasteiger partial charge in [-0.2, -0.15) is 23.3 Å². The molecule has 1 fully saturated rings. The molecule has 0 aliphatic carbocycles. The number of nitrogens with one attached hydrogen (secondary N) is 1. The largest absolute Gasteiger partial charge is 0.416 e. The average molecular weight is 530 g/mol. The molecule has 1 N–H and O–H groups in total. The van der Waals surface area contributed by atoms with Gasteiger partial charge >= 0.3 is 6.18 Å². The van der Waals surface area contributed by atoms with Gasteiger partial charge in [-0.05, 0) is 54.1 Å². The Morgan fingerprint density at radius 1 is 1.16 bits per heavy atom. The number of aromatic nitrogens is 2. The maximum atomic E-state index is 13.5. The Hall–Kier alpha value is -3.15. The van der Waals surface area contributed by atoms with E-state index in [0.29, 0.717) is 27.7 Å². The molecule has 0 saturated carbocycles. The molecule has 2 aliphatic heterocycles. The van der Waals surface area contributed by atoms with E-state index >= 15 is 0 Å². The van der Waals surface area contributed by atoms with Crippen molar-refractivity contribution >= 4 is 39.8 Å². The number of hydrogen-bond acceptors (Lipinski definition) is 6. The lowest BCUT2D eigenvalue weighted by Gasteiger charge is -2.26. The number of ether oxygens (including phenoxy) is 1. The van der Waals surface area contributed by atoms with E-state index in [2.05, 4.69) is 20.3 Å². The smallest absolute Gasteiger partial charge is 0.379 e. The van der Waals surface area contributed by atoms with Crippen LogP contribution in [0.2, 0.25) is 0 Å². The number of hydrogen-bond donors (Lipinski definition) is 1. The number of carbonyl (C=O) groups excluding carboxylic acids is 1. The van der Waals surface area contributed by atoms with E-state index in [4.69, 9.17) is 4.74 Å². The SMILES string of the molecule is Cc1ccc(Cn2ncc3cc(/C=C4\SC(NCCN5CCOCC5)=NC4=O)ccc32)c(C(F)(F)F)c1. The van der Waals surface area contributed by atoms with Gasteiger partial charge in [0, 0.05) is 31.6 Å². The first-order chi connectivity index (χ1) is 17.8. The number of thioether (sulfide) groups is 1. The summed E-state index contributed by atoms with van der Waals surface area (Å²) in [5, 5.41) is 8.90. The Balaban J connectivity index is 1.26. The lowest BCUT2D eigenvalue weighted by molar-refractivity contribution is -0.138. The number of amidine groups is 1. The predicted octanol–water partition coefficient (Wildman–Crippen LogP) is 4.30. The molecule has 5 rings (SSSR count). The minimum Gasteiger partial charge on any atom is -0.379 e. The van der Waals surface area contributed by atoms with Crippen LogP contribution in [0.5, 0.6) is 0 Å². The van der Waals surface area contributed by atoms with Gasteiger partial charge in [0.1, 0.15) is 0 Å². The lowest BCUT2D eigenvalue weighted by Crippen LogP contribution is -2.40. The van der Waals surface area contributed by atoms with Crippen LogP contribution in [0, 0.1) is 6.92 Å². The first-order valence-electron chi connectivity index (χ1n) is 11.9. The van der Waals surface area contributed by atoms with Gasteiger partial charge in [-0.1, -0.05) is 23.8 Å². The number of morpholine rings is 1. The number of nitrogens with zero attached hydrogens (tertiary/aromatic N) is 4. The molecule has 0 radical (unpaired) electrons. The standard InChI is InChI=1S/C26H26F3N5O2S/c1-17-2-4-19(21(12-17)26(27,28)29)16-34-22-5-3-18(13-20(22)15-31-34)14-23-24(35)32-25(37-23)30-6-7-33-8-10-36-11-9-33/h2-5,12-15H,6-11,16H2,1H3,(H,30,32,35)/b23-14-. The number of carbonyl (C=O) groups is 1. The van der Waals surface area contributed by atoms with Crippen molar-refractivity contribution in [1.82, 2.24) is 20.0 Å². The van der Waals surface area contributed by atoms with Crippen LogP contribution in [-0.2, 0) is 22.3 Å². The maximum Gasteiger partial charge on any atom is 0.416 e. The molecule has 37 heavy (non-hydrogen) atoms. The monoisotopic (exact) mass is 529 g/mol. The maximum absolute atomic E-state index is 13.5. The van der Waals surface area contributed by atoms with Crippen LogP contribution in [0.1, 0.15) is 22.3 Å². The summed E-state index contributed by atoms with van der Waals surface area (Å²) in [6.07, 6.45) is -1.05. The average Bonchev–Trinajstić information content (AvgIpc) is 3.42. The molecule has 3 aromatic rings. The summed E-state index contributed by atoms with van der Waals surface area (Å²) in [6, 6.07) is 9.83. The minimum absolute atomic E-state index is 0.000714. The zero-order chi connectivity index (χ0) is 26.0. The highest BCUT2D eigenvalue weighted by Crippen LogP contribution is 2.34. The number of alkyl halides is 3. The van der Waals surface area contributed by atoms with E-state index in [1.165, 1.54) is 17.8 Å². The Bertz CT molecular complexity index is 1380. The Kier molecular flexibility index (Phi) is 7.36. The van der Waals surface area contributed by atoms with Gasteiger partial charge in [0.25, 0.3) is 5.91 Å². The third-order valence-corrected chi connectivity index (χ3v) is 7.22. The minimum atomic E-state index is -4.44. The quantitative estimate of drug-likeness (QED) is 0.480. The van der Waals surface area contributed by atoms with Crippen LogP contribution >= 0.6 is 11.8 Å². The van der Waals surface area contributed by atoms with Gasteiger partial charge < -0.3 is 10.1 Å². The van der Waals surface area contributed by atoms with Gasteiger partial charge in [-0.25, -0.2) is 0 Å². The Morgan fingerprint density at radius 3 is 2.76 bits per heavy atom. The highest BCUT2D eigenvalue weighted by molar-refractivity contribution is 8.18. The van der Waals surface area contributed by atoms with Gasteiger partial charge in [-0.15, -0.1) is 0 Å². The number of benzene rings is 2. The van der Waals surface area contributed by atoms with Crippen molar-refractivity contribution in [3.63, 3.8) is 0 Å². The number of amides is 1. The third kappa shape index (κ3) is 6.06. The summed E-state index contributed by atoms with van der Waals surface area (Å²) in [4.78, 5) is 19.3. The predicted molar refractivity (Wildman–Crippen MR) is 138 cm³/mol. The normalized spacial score (nSPS) is 18.1. The number of halogens is 3. The van der Waals surface area contributed by atoms with E-state index in [0.717, 1.165) is 49.9 Å². The molecule has 1 aromatic heterocycles. The van der Waals surface area contributed by atoms with Crippen molar-refractivity contribution in [2.45, 2.75) is 19.6 Å². The molecule has 0 unspecified atom stereocenters. The summed E-state index contributed by atoms with van der Waals surface area (Å²) < 4.78 is 47.5. The van der Waals surface area contributed by atoms with E-state index < -0.39 is 11.7 Å². The van der Waals surface area contributed by atoms with Crippen LogP contribution in [0.25, 0.3) is 17.0 Å². The number of rotatable bonds is 6. The zero-order valence-electron chi connectivity index (χ0n) is 20.2. The van der Waals surface area contributed by atoms with E-state index in [9.17, 15) is 18.0 Å². The lowest BCUT2D eigenvalue weighted by atomic mass is 10.0. The first kappa shape index (κ1) is 25.5. The van der Waals surface area contributed by atoms with Crippen molar-refractivity contribution in [2.75, 3.05) is 39.4 Å². The molecule has 11 heteroatoms. The van der Waals surface area contributed by atoms with Crippen LogP contribution in [0.3, 0.4) is 0 Å². The van der Waals surface area contributed by atoms with Gasteiger partial charge in [0.15, 0.2) is 5.17 Å². The molecule has 3 heterocycles. The van der Waals surface area contributed by atoms with Crippen LogP contribution in [0.15, 0.2) is 52.5 Å². The number of fused-ring (bicyclic) bond motifs is 1. The summed E-state index contributed by atoms with van der Waals surface area (Å²) in [6.45, 7) is 6.47.